The summed E-state index contributed by atoms with van der Waals surface area (Å²) < 4.78 is 10.5. The average molecular weight is 285 g/mol. The molecular weight excluding hydrogens is 270 g/mol. The molecule has 2 aromatic rings. The third-order valence-electron chi connectivity index (χ3n) is 3.00. The monoisotopic (exact) mass is 285 g/mol. The Kier molecular flexibility index (Phi) is 4.56. The molecule has 0 saturated heterocycles. The fourth-order valence-electron chi connectivity index (χ4n) is 1.86. The second kappa shape index (κ2) is 6.56. The van der Waals surface area contributed by atoms with Crippen LogP contribution < -0.4 is 9.47 Å². The molecule has 0 aliphatic rings. The summed E-state index contributed by atoms with van der Waals surface area (Å²) in [5, 5.41) is 10.6. The van der Waals surface area contributed by atoms with Gasteiger partial charge in [0.25, 0.3) is 5.69 Å². The Morgan fingerprint density at radius 3 is 2.29 bits per heavy atom. The number of ether oxygens (including phenoxy) is 2. The van der Waals surface area contributed by atoms with E-state index in [0.717, 1.165) is 22.6 Å². The Morgan fingerprint density at radius 1 is 1.00 bits per heavy atom. The molecule has 0 aliphatic carbocycles. The minimum atomic E-state index is -0.418. The Labute approximate surface area is 122 Å². The summed E-state index contributed by atoms with van der Waals surface area (Å²) >= 11 is 0. The van der Waals surface area contributed by atoms with Gasteiger partial charge in [-0.25, -0.2) is 0 Å². The molecule has 0 bridgehead atoms. The second-order valence-electron chi connectivity index (χ2n) is 4.29. The maximum atomic E-state index is 10.6. The fraction of sp³-hybridized carbons (Fsp3) is 0.125. The smallest absolute Gasteiger partial charge is 0.269 e. The van der Waals surface area contributed by atoms with E-state index in [9.17, 15) is 10.1 Å². The first-order chi connectivity index (χ1) is 10.1. The van der Waals surface area contributed by atoms with Crippen LogP contribution in [0.5, 0.6) is 11.5 Å². The van der Waals surface area contributed by atoms with Crippen LogP contribution in [-0.2, 0) is 0 Å². The largest absolute Gasteiger partial charge is 0.497 e. The van der Waals surface area contributed by atoms with Gasteiger partial charge in [-0.1, -0.05) is 12.2 Å². The van der Waals surface area contributed by atoms with Crippen LogP contribution in [0.15, 0.2) is 42.5 Å². The van der Waals surface area contributed by atoms with Crippen LogP contribution in [0.4, 0.5) is 5.69 Å². The van der Waals surface area contributed by atoms with Gasteiger partial charge in [0.2, 0.25) is 0 Å². The molecule has 0 spiro atoms. The van der Waals surface area contributed by atoms with Crippen molar-refractivity contribution >= 4 is 17.8 Å². The summed E-state index contributed by atoms with van der Waals surface area (Å²) in [5.74, 6) is 1.47. The lowest BCUT2D eigenvalue weighted by molar-refractivity contribution is -0.384. The molecule has 2 aromatic carbocycles. The van der Waals surface area contributed by atoms with Crippen molar-refractivity contribution < 1.29 is 14.4 Å². The van der Waals surface area contributed by atoms with Crippen molar-refractivity contribution in [3.8, 4) is 11.5 Å². The molecule has 0 atom stereocenters. The predicted octanol–water partition coefficient (Wildman–Crippen LogP) is 3.78. The molecule has 21 heavy (non-hydrogen) atoms. The molecule has 0 radical (unpaired) electrons. The number of non-ortho nitro benzene ring substituents is 1. The summed E-state index contributed by atoms with van der Waals surface area (Å²) in [7, 11) is 3.21. The molecule has 5 nitrogen and oxygen atoms in total. The van der Waals surface area contributed by atoms with E-state index in [1.165, 1.54) is 12.1 Å². The van der Waals surface area contributed by atoms with Gasteiger partial charge in [-0.15, -0.1) is 0 Å². The van der Waals surface area contributed by atoms with Crippen molar-refractivity contribution in [1.82, 2.24) is 0 Å². The Bertz CT molecular complexity index is 662. The van der Waals surface area contributed by atoms with Crippen molar-refractivity contribution in [3.63, 3.8) is 0 Å². The SMILES string of the molecule is COc1ccc(OC)c(/C=C\c2ccc([N+](=O)[O-])cc2)c1. The van der Waals surface area contributed by atoms with Crippen molar-refractivity contribution in [1.29, 1.82) is 0 Å². The van der Waals surface area contributed by atoms with Crippen LogP contribution in [0.25, 0.3) is 12.2 Å². The number of hydrogen-bond donors (Lipinski definition) is 0. The van der Waals surface area contributed by atoms with Gasteiger partial charge in [-0.3, -0.25) is 10.1 Å². The van der Waals surface area contributed by atoms with Crippen LogP contribution >= 0.6 is 0 Å². The van der Waals surface area contributed by atoms with Gasteiger partial charge in [-0.05, 0) is 35.9 Å². The number of nitro groups is 1. The first-order valence-corrected chi connectivity index (χ1v) is 6.28. The molecule has 5 heteroatoms. The van der Waals surface area contributed by atoms with Gasteiger partial charge in [0.15, 0.2) is 0 Å². The molecule has 0 N–H and O–H groups in total. The molecule has 0 saturated carbocycles. The van der Waals surface area contributed by atoms with Gasteiger partial charge in [-0.2, -0.15) is 0 Å². The summed E-state index contributed by atoms with van der Waals surface area (Å²) in [6.07, 6.45) is 3.74. The van der Waals surface area contributed by atoms with E-state index in [-0.39, 0.29) is 5.69 Å². The van der Waals surface area contributed by atoms with E-state index >= 15 is 0 Å². The van der Waals surface area contributed by atoms with E-state index in [4.69, 9.17) is 9.47 Å². The van der Waals surface area contributed by atoms with Gasteiger partial charge < -0.3 is 9.47 Å². The molecule has 0 heterocycles. The Hall–Kier alpha value is -2.82. The number of rotatable bonds is 5. The van der Waals surface area contributed by atoms with Crippen LogP contribution in [-0.4, -0.2) is 19.1 Å². The third kappa shape index (κ3) is 3.60. The quantitative estimate of drug-likeness (QED) is 0.476. The van der Waals surface area contributed by atoms with Gasteiger partial charge in [0.1, 0.15) is 11.5 Å². The maximum Gasteiger partial charge on any atom is 0.269 e. The van der Waals surface area contributed by atoms with E-state index in [1.54, 1.807) is 26.4 Å². The lowest BCUT2D eigenvalue weighted by Gasteiger charge is -2.07. The summed E-state index contributed by atoms with van der Waals surface area (Å²) in [6.45, 7) is 0. The molecular formula is C16H15NO4. The van der Waals surface area contributed by atoms with Gasteiger partial charge in [0, 0.05) is 17.7 Å². The number of nitrogens with zero attached hydrogens (tertiary/aromatic N) is 1. The van der Waals surface area contributed by atoms with Gasteiger partial charge >= 0.3 is 0 Å². The molecule has 0 aromatic heterocycles. The lowest BCUT2D eigenvalue weighted by atomic mass is 10.1. The van der Waals surface area contributed by atoms with Crippen molar-refractivity contribution in [2.75, 3.05) is 14.2 Å². The third-order valence-corrected chi connectivity index (χ3v) is 3.00. The van der Waals surface area contributed by atoms with Crippen LogP contribution in [0.1, 0.15) is 11.1 Å². The van der Waals surface area contributed by atoms with E-state index in [2.05, 4.69) is 0 Å². The van der Waals surface area contributed by atoms with Crippen molar-refractivity contribution in [2.45, 2.75) is 0 Å². The highest BCUT2D eigenvalue weighted by Crippen LogP contribution is 2.26. The Morgan fingerprint density at radius 2 is 1.71 bits per heavy atom. The number of methoxy groups -OCH3 is 2. The standard InChI is InChI=1S/C16H15NO4/c1-20-15-9-10-16(21-2)13(11-15)6-3-12-4-7-14(8-5-12)17(18)19/h3-11H,1-2H3/b6-3-. The van der Waals surface area contributed by atoms with E-state index in [0.29, 0.717) is 0 Å². The van der Waals surface area contributed by atoms with Crippen LogP contribution in [0.3, 0.4) is 0 Å². The zero-order valence-corrected chi connectivity index (χ0v) is 11.8. The highest BCUT2D eigenvalue weighted by Gasteiger charge is 2.04. The summed E-state index contributed by atoms with van der Waals surface area (Å²) in [5.41, 5.74) is 1.81. The topological polar surface area (TPSA) is 61.6 Å². The maximum absolute atomic E-state index is 10.6. The molecule has 0 fully saturated rings. The fourth-order valence-corrected chi connectivity index (χ4v) is 1.86. The normalized spacial score (nSPS) is 10.6. The minimum absolute atomic E-state index is 0.0751. The van der Waals surface area contributed by atoms with Crippen LogP contribution in [0, 0.1) is 10.1 Å². The molecule has 0 unspecified atom stereocenters. The number of nitro benzene ring substituents is 1. The first-order valence-electron chi connectivity index (χ1n) is 6.28. The summed E-state index contributed by atoms with van der Waals surface area (Å²) in [6, 6.07) is 11.9. The zero-order valence-electron chi connectivity index (χ0n) is 11.8. The zero-order chi connectivity index (χ0) is 15.2. The van der Waals surface area contributed by atoms with Crippen LogP contribution in [0.2, 0.25) is 0 Å². The van der Waals surface area contributed by atoms with E-state index in [1.807, 2.05) is 30.4 Å². The minimum Gasteiger partial charge on any atom is -0.497 e. The highest BCUT2D eigenvalue weighted by atomic mass is 16.6. The average Bonchev–Trinajstić information content (AvgIpc) is 2.52. The summed E-state index contributed by atoms with van der Waals surface area (Å²) in [4.78, 5) is 10.2. The second-order valence-corrected chi connectivity index (χ2v) is 4.29. The number of benzene rings is 2. The van der Waals surface area contributed by atoms with E-state index < -0.39 is 4.92 Å². The van der Waals surface area contributed by atoms with Crippen molar-refractivity contribution in [2.24, 2.45) is 0 Å². The first kappa shape index (κ1) is 14.6. The van der Waals surface area contributed by atoms with Crippen molar-refractivity contribution in [3.05, 3.63) is 63.7 Å². The molecule has 0 amide bonds. The molecule has 2 rings (SSSR count). The predicted molar refractivity (Wildman–Crippen MR) is 81.6 cm³/mol. The highest BCUT2D eigenvalue weighted by molar-refractivity contribution is 5.73. The Balaban J connectivity index is 2.25. The number of hydrogen-bond acceptors (Lipinski definition) is 4. The molecule has 108 valence electrons. The molecule has 0 aliphatic heterocycles. The lowest BCUT2D eigenvalue weighted by Crippen LogP contribution is -1.89. The van der Waals surface area contributed by atoms with Gasteiger partial charge in [0.05, 0.1) is 19.1 Å².